The molecule has 19 heavy (non-hydrogen) atoms. The Kier molecular flexibility index (Phi) is 3.87. The van der Waals surface area contributed by atoms with Gasteiger partial charge in [-0.1, -0.05) is 6.07 Å². The fraction of sp³-hybridized carbons (Fsp3) is 0.143. The lowest BCUT2D eigenvalue weighted by Crippen LogP contribution is -2.26. The number of carbonyl (C=O) groups excluding carboxylic acids is 1. The van der Waals surface area contributed by atoms with Gasteiger partial charge in [0.15, 0.2) is 0 Å². The highest BCUT2D eigenvalue weighted by Gasteiger charge is 2.14. The van der Waals surface area contributed by atoms with E-state index in [0.29, 0.717) is 16.9 Å². The fourth-order valence-electron chi connectivity index (χ4n) is 1.72. The molecule has 0 atom stereocenters. The number of carbonyl (C=O) groups is 1. The van der Waals surface area contributed by atoms with E-state index in [-0.39, 0.29) is 18.3 Å². The number of anilines is 1. The summed E-state index contributed by atoms with van der Waals surface area (Å²) in [5.74, 6) is -0.614. The van der Waals surface area contributed by atoms with Crippen molar-refractivity contribution in [2.45, 2.75) is 6.54 Å². The first-order valence-electron chi connectivity index (χ1n) is 5.80. The third kappa shape index (κ3) is 2.95. The van der Waals surface area contributed by atoms with E-state index in [1.54, 1.807) is 31.3 Å². The molecular formula is C14H14FN3O. The first-order valence-corrected chi connectivity index (χ1v) is 5.80. The summed E-state index contributed by atoms with van der Waals surface area (Å²) in [6.07, 6.45) is 1.54. The zero-order valence-electron chi connectivity index (χ0n) is 10.5. The first-order chi connectivity index (χ1) is 9.11. The number of halogens is 1. The summed E-state index contributed by atoms with van der Waals surface area (Å²) in [6.45, 7) is 0.269. The Morgan fingerprint density at radius 2 is 2.16 bits per heavy atom. The first kappa shape index (κ1) is 13.2. The van der Waals surface area contributed by atoms with Gasteiger partial charge in [0.1, 0.15) is 5.82 Å². The highest BCUT2D eigenvalue weighted by atomic mass is 19.1. The van der Waals surface area contributed by atoms with Gasteiger partial charge in [-0.15, -0.1) is 0 Å². The topological polar surface area (TPSA) is 59.2 Å². The molecule has 0 aliphatic carbocycles. The molecule has 0 saturated carbocycles. The molecule has 0 aliphatic heterocycles. The Morgan fingerprint density at radius 1 is 1.37 bits per heavy atom. The predicted octanol–water partition coefficient (Wildman–Crippen LogP) is 1.96. The molecule has 2 aromatic rings. The van der Waals surface area contributed by atoms with Crippen molar-refractivity contribution in [1.82, 2.24) is 4.98 Å². The number of amides is 1. The van der Waals surface area contributed by atoms with Gasteiger partial charge in [-0.3, -0.25) is 9.78 Å². The highest BCUT2D eigenvalue weighted by Crippen LogP contribution is 2.16. The van der Waals surface area contributed by atoms with Crippen LogP contribution in [0.1, 0.15) is 16.1 Å². The Labute approximate surface area is 110 Å². The SMILES string of the molecule is CN(C(=O)c1ccnc(CN)c1)c1cccc(F)c1. The van der Waals surface area contributed by atoms with Gasteiger partial charge in [-0.05, 0) is 30.3 Å². The van der Waals surface area contributed by atoms with E-state index in [2.05, 4.69) is 4.98 Å². The number of hydrogen-bond acceptors (Lipinski definition) is 3. The van der Waals surface area contributed by atoms with E-state index in [1.807, 2.05) is 0 Å². The molecular weight excluding hydrogens is 245 g/mol. The zero-order valence-corrected chi connectivity index (χ0v) is 10.5. The van der Waals surface area contributed by atoms with Gasteiger partial charge in [-0.2, -0.15) is 0 Å². The lowest BCUT2D eigenvalue weighted by atomic mass is 10.2. The molecule has 4 nitrogen and oxygen atoms in total. The van der Waals surface area contributed by atoms with Crippen LogP contribution in [-0.2, 0) is 6.54 Å². The summed E-state index contributed by atoms with van der Waals surface area (Å²) >= 11 is 0. The van der Waals surface area contributed by atoms with Gasteiger partial charge < -0.3 is 10.6 Å². The minimum absolute atomic E-state index is 0.234. The van der Waals surface area contributed by atoms with Crippen LogP contribution in [0.15, 0.2) is 42.6 Å². The van der Waals surface area contributed by atoms with Gasteiger partial charge in [0, 0.05) is 31.0 Å². The second-order valence-corrected chi connectivity index (χ2v) is 4.08. The molecule has 0 unspecified atom stereocenters. The van der Waals surface area contributed by atoms with Gasteiger partial charge in [-0.25, -0.2) is 4.39 Å². The Balaban J connectivity index is 2.28. The van der Waals surface area contributed by atoms with Gasteiger partial charge in [0.2, 0.25) is 0 Å². The number of rotatable bonds is 3. The molecule has 1 heterocycles. The number of nitrogens with two attached hydrogens (primary N) is 1. The van der Waals surface area contributed by atoms with Crippen LogP contribution in [0.25, 0.3) is 0 Å². The lowest BCUT2D eigenvalue weighted by Gasteiger charge is -2.17. The number of nitrogens with zero attached hydrogens (tertiary/aromatic N) is 2. The summed E-state index contributed by atoms with van der Waals surface area (Å²) in [6, 6.07) is 9.12. The third-order valence-corrected chi connectivity index (χ3v) is 2.77. The molecule has 0 saturated heterocycles. The molecule has 0 fully saturated rings. The summed E-state index contributed by atoms with van der Waals surface area (Å²) in [7, 11) is 1.60. The minimum atomic E-state index is -0.380. The normalized spacial score (nSPS) is 10.3. The Hall–Kier alpha value is -2.27. The van der Waals surface area contributed by atoms with Crippen LogP contribution in [0.4, 0.5) is 10.1 Å². The maximum absolute atomic E-state index is 13.1. The lowest BCUT2D eigenvalue weighted by molar-refractivity contribution is 0.0993. The average molecular weight is 259 g/mol. The average Bonchev–Trinajstić information content (AvgIpc) is 2.45. The molecule has 1 aromatic carbocycles. The molecule has 2 rings (SSSR count). The van der Waals surface area contributed by atoms with Crippen molar-refractivity contribution in [2.75, 3.05) is 11.9 Å². The van der Waals surface area contributed by atoms with Crippen LogP contribution in [0.2, 0.25) is 0 Å². The molecule has 0 radical (unpaired) electrons. The number of hydrogen-bond donors (Lipinski definition) is 1. The van der Waals surface area contributed by atoms with Crippen LogP contribution < -0.4 is 10.6 Å². The number of benzene rings is 1. The van der Waals surface area contributed by atoms with E-state index < -0.39 is 0 Å². The van der Waals surface area contributed by atoms with Crippen molar-refractivity contribution < 1.29 is 9.18 Å². The Morgan fingerprint density at radius 3 is 2.84 bits per heavy atom. The van der Waals surface area contributed by atoms with Gasteiger partial charge in [0.25, 0.3) is 5.91 Å². The van der Waals surface area contributed by atoms with Crippen molar-refractivity contribution >= 4 is 11.6 Å². The summed E-state index contributed by atoms with van der Waals surface area (Å²) in [4.78, 5) is 17.7. The van der Waals surface area contributed by atoms with E-state index in [9.17, 15) is 9.18 Å². The molecule has 0 spiro atoms. The molecule has 5 heteroatoms. The van der Waals surface area contributed by atoms with Gasteiger partial charge in [0.05, 0.1) is 5.69 Å². The van der Waals surface area contributed by atoms with E-state index >= 15 is 0 Å². The van der Waals surface area contributed by atoms with Crippen molar-refractivity contribution in [1.29, 1.82) is 0 Å². The third-order valence-electron chi connectivity index (χ3n) is 2.77. The summed E-state index contributed by atoms with van der Waals surface area (Å²) in [5, 5.41) is 0. The standard InChI is InChI=1S/C14H14FN3O/c1-18(13-4-2-3-11(15)8-13)14(19)10-5-6-17-12(7-10)9-16/h2-8H,9,16H2,1H3. The summed E-state index contributed by atoms with van der Waals surface area (Å²) in [5.41, 5.74) is 7.10. The number of aromatic nitrogens is 1. The fourth-order valence-corrected chi connectivity index (χ4v) is 1.72. The van der Waals surface area contributed by atoms with Crippen molar-refractivity contribution in [3.63, 3.8) is 0 Å². The Bertz CT molecular complexity index is 601. The van der Waals surface area contributed by atoms with Crippen LogP contribution in [0.5, 0.6) is 0 Å². The summed E-state index contributed by atoms with van der Waals surface area (Å²) < 4.78 is 13.1. The predicted molar refractivity (Wildman–Crippen MR) is 71.3 cm³/mol. The zero-order chi connectivity index (χ0) is 13.8. The second kappa shape index (κ2) is 5.58. The van der Waals surface area contributed by atoms with Crippen molar-refractivity contribution in [2.24, 2.45) is 5.73 Å². The largest absolute Gasteiger partial charge is 0.325 e. The highest BCUT2D eigenvalue weighted by molar-refractivity contribution is 6.05. The monoisotopic (exact) mass is 259 g/mol. The number of pyridine rings is 1. The van der Waals surface area contributed by atoms with Crippen LogP contribution >= 0.6 is 0 Å². The van der Waals surface area contributed by atoms with E-state index in [1.165, 1.54) is 23.2 Å². The van der Waals surface area contributed by atoms with Gasteiger partial charge >= 0.3 is 0 Å². The quantitative estimate of drug-likeness (QED) is 0.916. The molecule has 1 aromatic heterocycles. The maximum atomic E-state index is 13.1. The smallest absolute Gasteiger partial charge is 0.258 e. The molecule has 0 aliphatic rings. The van der Waals surface area contributed by atoms with E-state index in [4.69, 9.17) is 5.73 Å². The molecule has 0 bridgehead atoms. The van der Waals surface area contributed by atoms with Crippen molar-refractivity contribution in [3.8, 4) is 0 Å². The van der Waals surface area contributed by atoms with Crippen molar-refractivity contribution in [3.05, 3.63) is 59.7 Å². The maximum Gasteiger partial charge on any atom is 0.258 e. The molecule has 2 N–H and O–H groups in total. The van der Waals surface area contributed by atoms with Crippen LogP contribution in [-0.4, -0.2) is 17.9 Å². The minimum Gasteiger partial charge on any atom is -0.325 e. The van der Waals surface area contributed by atoms with Crippen LogP contribution in [0, 0.1) is 5.82 Å². The second-order valence-electron chi connectivity index (χ2n) is 4.08. The van der Waals surface area contributed by atoms with Crippen LogP contribution in [0.3, 0.4) is 0 Å². The van der Waals surface area contributed by atoms with E-state index in [0.717, 1.165) is 0 Å². The molecule has 1 amide bonds. The molecule has 98 valence electrons.